The van der Waals surface area contributed by atoms with Crippen molar-refractivity contribution in [2.24, 2.45) is 16.7 Å². The molecule has 0 saturated heterocycles. The zero-order valence-corrected chi connectivity index (χ0v) is 14.3. The van der Waals surface area contributed by atoms with Crippen molar-refractivity contribution in [2.45, 2.75) is 40.0 Å². The van der Waals surface area contributed by atoms with Crippen LogP contribution in [0.25, 0.3) is 0 Å². The highest BCUT2D eigenvalue weighted by Gasteiger charge is 2.67. The maximum atomic E-state index is 6.81. The third-order valence-corrected chi connectivity index (χ3v) is 5.98. The molecule has 0 spiro atoms. The zero-order valence-electron chi connectivity index (χ0n) is 13.5. The Bertz CT molecular complexity index is 506. The highest BCUT2D eigenvalue weighted by molar-refractivity contribution is 6.21. The van der Waals surface area contributed by atoms with E-state index in [1.54, 1.807) is 14.2 Å². The first-order valence-electron chi connectivity index (χ1n) is 7.05. The fourth-order valence-corrected chi connectivity index (χ4v) is 4.32. The molecule has 1 aliphatic rings. The van der Waals surface area contributed by atoms with Gasteiger partial charge in [-0.15, -0.1) is 11.6 Å². The number of alkyl halides is 1. The molecule has 1 saturated carbocycles. The van der Waals surface area contributed by atoms with Gasteiger partial charge in [0.25, 0.3) is 0 Å². The lowest BCUT2D eigenvalue weighted by atomic mass is 9.97. The van der Waals surface area contributed by atoms with E-state index in [-0.39, 0.29) is 16.2 Å². The molecule has 0 N–H and O–H groups in total. The Hall–Kier alpha value is -0.890. The number of rotatable bonds is 4. The van der Waals surface area contributed by atoms with E-state index in [4.69, 9.17) is 21.1 Å². The van der Waals surface area contributed by atoms with Gasteiger partial charge < -0.3 is 9.47 Å². The number of hydrogen-bond acceptors (Lipinski definition) is 2. The molecule has 1 aromatic rings. The third kappa shape index (κ3) is 2.09. The van der Waals surface area contributed by atoms with Crippen molar-refractivity contribution in [2.75, 3.05) is 14.2 Å². The second-order valence-corrected chi connectivity index (χ2v) is 7.36. The Kier molecular flexibility index (Phi) is 3.75. The van der Waals surface area contributed by atoms with Crippen LogP contribution < -0.4 is 9.47 Å². The van der Waals surface area contributed by atoms with Gasteiger partial charge in [-0.3, -0.25) is 0 Å². The molecule has 1 aromatic carbocycles. The van der Waals surface area contributed by atoms with Crippen molar-refractivity contribution >= 4 is 11.6 Å². The Morgan fingerprint density at radius 2 is 1.45 bits per heavy atom. The van der Waals surface area contributed by atoms with Gasteiger partial charge in [0, 0.05) is 0 Å². The quantitative estimate of drug-likeness (QED) is 0.730. The molecule has 0 bridgehead atoms. The Labute approximate surface area is 127 Å². The van der Waals surface area contributed by atoms with Gasteiger partial charge in [0.15, 0.2) is 11.5 Å². The van der Waals surface area contributed by atoms with E-state index in [0.717, 1.165) is 22.6 Å². The predicted molar refractivity (Wildman–Crippen MR) is 83.9 cm³/mol. The normalized spacial score (nSPS) is 21.4. The molecule has 1 fully saturated rings. The summed E-state index contributed by atoms with van der Waals surface area (Å²) in [5.74, 6) is 1.97. The molecule has 1 unspecified atom stereocenters. The van der Waals surface area contributed by atoms with E-state index in [1.807, 2.05) is 12.1 Å². The molecule has 0 aliphatic heterocycles. The first-order chi connectivity index (χ1) is 9.18. The number of methoxy groups -OCH3 is 2. The van der Waals surface area contributed by atoms with Gasteiger partial charge in [0.1, 0.15) is 0 Å². The van der Waals surface area contributed by atoms with Crippen LogP contribution >= 0.6 is 11.6 Å². The van der Waals surface area contributed by atoms with Gasteiger partial charge in [0.05, 0.1) is 19.6 Å². The van der Waals surface area contributed by atoms with Crippen LogP contribution in [0.1, 0.15) is 44.2 Å². The summed E-state index contributed by atoms with van der Waals surface area (Å²) in [6.45, 7) is 11.3. The summed E-state index contributed by atoms with van der Waals surface area (Å²) in [6.07, 6.45) is 0. The van der Waals surface area contributed by atoms with Crippen LogP contribution in [-0.2, 0) is 0 Å². The lowest BCUT2D eigenvalue weighted by molar-refractivity contribution is 0.354. The fourth-order valence-electron chi connectivity index (χ4n) is 3.45. The van der Waals surface area contributed by atoms with Crippen LogP contribution in [-0.4, -0.2) is 14.2 Å². The molecule has 112 valence electrons. The molecular formula is C17H25ClO2. The summed E-state index contributed by atoms with van der Waals surface area (Å²) in [6, 6.07) is 4.03. The van der Waals surface area contributed by atoms with E-state index in [2.05, 4.69) is 34.6 Å². The van der Waals surface area contributed by atoms with Crippen molar-refractivity contribution < 1.29 is 9.47 Å². The van der Waals surface area contributed by atoms with E-state index in [1.165, 1.54) is 0 Å². The molecular weight excluding hydrogens is 272 g/mol. The predicted octanol–water partition coefficient (Wildman–Crippen LogP) is 4.97. The smallest absolute Gasteiger partial charge is 0.161 e. The van der Waals surface area contributed by atoms with Crippen molar-refractivity contribution in [3.63, 3.8) is 0 Å². The van der Waals surface area contributed by atoms with Gasteiger partial charge in [0.2, 0.25) is 0 Å². The highest BCUT2D eigenvalue weighted by Crippen LogP contribution is 2.73. The topological polar surface area (TPSA) is 18.5 Å². The minimum atomic E-state index is -0.000180. The van der Waals surface area contributed by atoms with Crippen LogP contribution in [0.2, 0.25) is 0 Å². The maximum absolute atomic E-state index is 6.81. The van der Waals surface area contributed by atoms with Gasteiger partial charge in [-0.05, 0) is 46.9 Å². The molecule has 0 heterocycles. The van der Waals surface area contributed by atoms with Gasteiger partial charge >= 0.3 is 0 Å². The number of aryl methyl sites for hydroxylation is 1. The molecule has 2 nitrogen and oxygen atoms in total. The Morgan fingerprint density at radius 3 is 1.85 bits per heavy atom. The SMILES string of the molecule is COc1cc(C)c(C(Cl)C2C(C)(C)C2(C)C)cc1OC. The summed E-state index contributed by atoms with van der Waals surface area (Å²) in [5, 5.41) is -0.000180. The first-order valence-corrected chi connectivity index (χ1v) is 7.48. The Morgan fingerprint density at radius 1 is 1.00 bits per heavy atom. The van der Waals surface area contributed by atoms with Crippen molar-refractivity contribution in [1.82, 2.24) is 0 Å². The van der Waals surface area contributed by atoms with Crippen LogP contribution in [0.4, 0.5) is 0 Å². The lowest BCUT2D eigenvalue weighted by Gasteiger charge is -2.18. The summed E-state index contributed by atoms with van der Waals surface area (Å²) in [4.78, 5) is 0. The average molecular weight is 297 g/mol. The molecule has 3 heteroatoms. The van der Waals surface area contributed by atoms with Crippen LogP contribution in [0.15, 0.2) is 12.1 Å². The summed E-state index contributed by atoms with van der Waals surface area (Å²) in [7, 11) is 3.31. The van der Waals surface area contributed by atoms with Crippen LogP contribution in [0.5, 0.6) is 11.5 Å². The fraction of sp³-hybridized carbons (Fsp3) is 0.647. The van der Waals surface area contributed by atoms with E-state index in [0.29, 0.717) is 5.92 Å². The molecule has 0 amide bonds. The van der Waals surface area contributed by atoms with Crippen LogP contribution in [0.3, 0.4) is 0 Å². The van der Waals surface area contributed by atoms with Gasteiger partial charge in [-0.1, -0.05) is 27.7 Å². The minimum Gasteiger partial charge on any atom is -0.493 e. The number of benzene rings is 1. The highest BCUT2D eigenvalue weighted by atomic mass is 35.5. The van der Waals surface area contributed by atoms with Crippen molar-refractivity contribution in [3.8, 4) is 11.5 Å². The second kappa shape index (κ2) is 4.84. The monoisotopic (exact) mass is 296 g/mol. The Balaban J connectivity index is 2.39. The maximum Gasteiger partial charge on any atom is 0.161 e. The number of halogens is 1. The second-order valence-electron chi connectivity index (χ2n) is 6.89. The van der Waals surface area contributed by atoms with E-state index < -0.39 is 0 Å². The lowest BCUT2D eigenvalue weighted by Crippen LogP contribution is -2.03. The van der Waals surface area contributed by atoms with Crippen LogP contribution in [0, 0.1) is 23.7 Å². The molecule has 1 aliphatic carbocycles. The molecule has 0 aromatic heterocycles. The average Bonchev–Trinajstić information content (AvgIpc) is 2.78. The summed E-state index contributed by atoms with van der Waals surface area (Å²) >= 11 is 6.81. The largest absolute Gasteiger partial charge is 0.493 e. The standard InChI is InChI=1S/C17H25ClO2/c1-10-8-12(19-6)13(20-7)9-11(10)14(18)15-16(2,3)17(15,4)5/h8-9,14-15H,1-7H3. The first kappa shape index (κ1) is 15.5. The number of hydrogen-bond donors (Lipinski definition) is 0. The van der Waals surface area contributed by atoms with Gasteiger partial charge in [-0.25, -0.2) is 0 Å². The minimum absolute atomic E-state index is 0.000180. The van der Waals surface area contributed by atoms with Crippen molar-refractivity contribution in [3.05, 3.63) is 23.3 Å². The summed E-state index contributed by atoms with van der Waals surface area (Å²) < 4.78 is 10.7. The summed E-state index contributed by atoms with van der Waals surface area (Å²) in [5.41, 5.74) is 2.83. The third-order valence-electron chi connectivity index (χ3n) is 5.49. The molecule has 20 heavy (non-hydrogen) atoms. The molecule has 1 atom stereocenters. The number of ether oxygens (including phenoxy) is 2. The van der Waals surface area contributed by atoms with Crippen molar-refractivity contribution in [1.29, 1.82) is 0 Å². The zero-order chi connectivity index (χ0) is 15.3. The molecule has 0 radical (unpaired) electrons. The van der Waals surface area contributed by atoms with E-state index >= 15 is 0 Å². The van der Waals surface area contributed by atoms with E-state index in [9.17, 15) is 0 Å². The van der Waals surface area contributed by atoms with Gasteiger partial charge in [-0.2, -0.15) is 0 Å². The molecule has 2 rings (SSSR count).